The number of benzene rings is 10. The number of furan rings is 1. The summed E-state index contributed by atoms with van der Waals surface area (Å²) in [4.78, 5) is 2.52. The van der Waals surface area contributed by atoms with Crippen LogP contribution in [0.25, 0.3) is 82.5 Å². The van der Waals surface area contributed by atoms with Gasteiger partial charge in [-0.25, -0.2) is 0 Å². The molecule has 0 bridgehead atoms. The molecule has 0 aliphatic heterocycles. The first-order valence-corrected chi connectivity index (χ1v) is 24.8. The summed E-state index contributed by atoms with van der Waals surface area (Å²) in [6, 6.07) is 81.3. The standard InChI is InChI=1S/C66H50N2O/c1-43-34-36-49(40-54(43)44-20-6-2-7-21-44)67(50-37-39-59-55(41-50)52-30-16-18-32-58(52)68(59)48-27-12-5-13-28-48)60-42-57-64(63-53-31-17-19-33-61(53)69-65(60)63)62-51-29-15-14-22-45(51)35-38-56(62)66(57,46-23-8-3-9-24-46)47-25-10-4-11-26-47/h2-3,5-9,12-24,27-42,47H,4,10-11,25-26H2,1H3. The van der Waals surface area contributed by atoms with Crippen molar-refractivity contribution < 1.29 is 4.42 Å². The molecule has 12 aromatic rings. The van der Waals surface area contributed by atoms with Crippen LogP contribution in [0, 0.1) is 12.8 Å². The Morgan fingerprint density at radius 1 is 0.507 bits per heavy atom. The summed E-state index contributed by atoms with van der Waals surface area (Å²) < 4.78 is 9.80. The molecule has 1 saturated carbocycles. The number of anilines is 3. The second-order valence-corrected chi connectivity index (χ2v) is 19.4. The fourth-order valence-corrected chi connectivity index (χ4v) is 12.9. The maximum atomic E-state index is 7.39. The molecule has 1 unspecified atom stereocenters. The van der Waals surface area contributed by atoms with Crippen molar-refractivity contribution in [3.05, 3.63) is 241 Å². The topological polar surface area (TPSA) is 21.3 Å². The molecular formula is C66H50N2O. The number of nitrogens with zero attached hydrogens (tertiary/aromatic N) is 2. The molecule has 2 aromatic heterocycles. The normalized spacial score (nSPS) is 15.9. The highest BCUT2D eigenvalue weighted by atomic mass is 16.3. The lowest BCUT2D eigenvalue weighted by Gasteiger charge is -2.43. The summed E-state index contributed by atoms with van der Waals surface area (Å²) in [6.07, 6.45) is 6.09. The minimum Gasteiger partial charge on any atom is -0.454 e. The molecule has 3 heteroatoms. The van der Waals surface area contributed by atoms with Crippen molar-refractivity contribution in [3.8, 4) is 27.9 Å². The van der Waals surface area contributed by atoms with Gasteiger partial charge < -0.3 is 13.9 Å². The largest absolute Gasteiger partial charge is 0.454 e. The molecule has 0 amide bonds. The summed E-state index contributed by atoms with van der Waals surface area (Å²) in [7, 11) is 0. The van der Waals surface area contributed by atoms with Crippen molar-refractivity contribution in [1.29, 1.82) is 0 Å². The van der Waals surface area contributed by atoms with Crippen LogP contribution in [0.1, 0.15) is 54.4 Å². The molecule has 14 rings (SSSR count). The maximum absolute atomic E-state index is 7.39. The van der Waals surface area contributed by atoms with Gasteiger partial charge in [-0.1, -0.05) is 177 Å². The molecule has 10 aromatic carbocycles. The molecule has 2 aliphatic carbocycles. The highest BCUT2D eigenvalue weighted by Gasteiger charge is 2.52. The van der Waals surface area contributed by atoms with Crippen LogP contribution in [0.3, 0.4) is 0 Å². The molecule has 69 heavy (non-hydrogen) atoms. The number of hydrogen-bond acceptors (Lipinski definition) is 2. The second kappa shape index (κ2) is 15.7. The van der Waals surface area contributed by atoms with E-state index in [0.717, 1.165) is 39.3 Å². The van der Waals surface area contributed by atoms with Crippen molar-refractivity contribution in [2.75, 3.05) is 4.90 Å². The smallest absolute Gasteiger partial charge is 0.160 e. The lowest BCUT2D eigenvalue weighted by atomic mass is 9.60. The van der Waals surface area contributed by atoms with E-state index in [1.165, 1.54) is 115 Å². The minimum absolute atomic E-state index is 0.399. The Kier molecular flexibility index (Phi) is 9.11. The van der Waals surface area contributed by atoms with Gasteiger partial charge in [-0.2, -0.15) is 0 Å². The van der Waals surface area contributed by atoms with Gasteiger partial charge >= 0.3 is 0 Å². The summed E-state index contributed by atoms with van der Waals surface area (Å²) in [5.41, 5.74) is 18.6. The highest BCUT2D eigenvalue weighted by molar-refractivity contribution is 6.22. The van der Waals surface area contributed by atoms with E-state index in [0.29, 0.717) is 5.92 Å². The van der Waals surface area contributed by atoms with E-state index in [-0.39, 0.29) is 0 Å². The van der Waals surface area contributed by atoms with Crippen molar-refractivity contribution in [3.63, 3.8) is 0 Å². The molecule has 2 aliphatic rings. The second-order valence-electron chi connectivity index (χ2n) is 19.4. The predicted molar refractivity (Wildman–Crippen MR) is 289 cm³/mol. The number of hydrogen-bond donors (Lipinski definition) is 0. The van der Waals surface area contributed by atoms with Crippen molar-refractivity contribution in [2.45, 2.75) is 44.4 Å². The quantitative estimate of drug-likeness (QED) is 0.159. The number of rotatable bonds is 7. The van der Waals surface area contributed by atoms with Gasteiger partial charge in [0.25, 0.3) is 0 Å². The molecule has 1 fully saturated rings. The van der Waals surface area contributed by atoms with Gasteiger partial charge in [-0.05, 0) is 142 Å². The van der Waals surface area contributed by atoms with Gasteiger partial charge in [0.05, 0.1) is 16.7 Å². The average molecular weight is 887 g/mol. The van der Waals surface area contributed by atoms with E-state index in [1.807, 2.05) is 0 Å². The Bertz CT molecular complexity index is 3950. The van der Waals surface area contributed by atoms with Crippen LogP contribution in [0.4, 0.5) is 17.1 Å². The van der Waals surface area contributed by atoms with Gasteiger partial charge in [-0.3, -0.25) is 0 Å². The van der Waals surface area contributed by atoms with E-state index in [2.05, 4.69) is 235 Å². The Balaban J connectivity index is 1.14. The molecule has 0 radical (unpaired) electrons. The predicted octanol–water partition coefficient (Wildman–Crippen LogP) is 18.2. The van der Waals surface area contributed by atoms with Crippen LogP contribution in [0.5, 0.6) is 0 Å². The molecule has 3 nitrogen and oxygen atoms in total. The zero-order valence-electron chi connectivity index (χ0n) is 38.7. The third kappa shape index (κ3) is 5.93. The van der Waals surface area contributed by atoms with Gasteiger partial charge in [-0.15, -0.1) is 0 Å². The summed E-state index contributed by atoms with van der Waals surface area (Å²) in [5, 5.41) is 7.31. The summed E-state index contributed by atoms with van der Waals surface area (Å²) >= 11 is 0. The van der Waals surface area contributed by atoms with E-state index in [4.69, 9.17) is 4.42 Å². The lowest BCUT2D eigenvalue weighted by Crippen LogP contribution is -2.37. The zero-order chi connectivity index (χ0) is 45.6. The van der Waals surface area contributed by atoms with Gasteiger partial charge in [0.15, 0.2) is 5.58 Å². The first-order chi connectivity index (χ1) is 34.2. The Morgan fingerprint density at radius 2 is 1.16 bits per heavy atom. The molecule has 0 saturated heterocycles. The van der Waals surface area contributed by atoms with Gasteiger partial charge in [0.2, 0.25) is 0 Å². The van der Waals surface area contributed by atoms with Crippen LogP contribution < -0.4 is 4.90 Å². The third-order valence-electron chi connectivity index (χ3n) is 15.8. The van der Waals surface area contributed by atoms with E-state index >= 15 is 0 Å². The number of aromatic nitrogens is 1. The fourth-order valence-electron chi connectivity index (χ4n) is 12.9. The fraction of sp³-hybridized carbons (Fsp3) is 0.121. The van der Waals surface area contributed by atoms with E-state index < -0.39 is 5.41 Å². The van der Waals surface area contributed by atoms with Crippen molar-refractivity contribution in [1.82, 2.24) is 4.57 Å². The van der Waals surface area contributed by atoms with Crippen LogP contribution in [0.2, 0.25) is 0 Å². The number of aryl methyl sites for hydroxylation is 1. The molecule has 1 atom stereocenters. The van der Waals surface area contributed by atoms with Crippen molar-refractivity contribution >= 4 is 71.6 Å². The molecule has 0 N–H and O–H groups in total. The monoisotopic (exact) mass is 886 g/mol. The minimum atomic E-state index is -0.404. The Hall–Kier alpha value is -8.14. The third-order valence-corrected chi connectivity index (χ3v) is 15.8. The molecule has 0 spiro atoms. The summed E-state index contributed by atoms with van der Waals surface area (Å²) in [5.74, 6) is 0.399. The highest BCUT2D eigenvalue weighted by Crippen LogP contribution is 2.64. The molecule has 330 valence electrons. The van der Waals surface area contributed by atoms with E-state index in [1.54, 1.807) is 0 Å². The SMILES string of the molecule is Cc1ccc(N(c2ccc3c(c2)c2ccccc2n3-c2ccccc2)c2cc3c(c4c2oc2ccccc24)-c2c(ccc4ccccc24)C3(c2ccccc2)C2CCCCC2)cc1-c1ccccc1. The molecule has 2 heterocycles. The zero-order valence-corrected chi connectivity index (χ0v) is 38.7. The first-order valence-electron chi connectivity index (χ1n) is 24.8. The number of fused-ring (bicyclic) bond motifs is 12. The average Bonchev–Trinajstić information content (AvgIpc) is 4.07. The Labute approximate surface area is 402 Å². The van der Waals surface area contributed by atoms with E-state index in [9.17, 15) is 0 Å². The van der Waals surface area contributed by atoms with Crippen LogP contribution in [-0.4, -0.2) is 4.57 Å². The van der Waals surface area contributed by atoms with Gasteiger partial charge in [0.1, 0.15) is 5.58 Å². The Morgan fingerprint density at radius 3 is 1.97 bits per heavy atom. The number of para-hydroxylation sites is 3. The van der Waals surface area contributed by atoms with Crippen LogP contribution in [-0.2, 0) is 5.41 Å². The molecular weight excluding hydrogens is 837 g/mol. The van der Waals surface area contributed by atoms with Crippen molar-refractivity contribution in [2.24, 2.45) is 5.92 Å². The van der Waals surface area contributed by atoms with Crippen LogP contribution in [0.15, 0.2) is 223 Å². The summed E-state index contributed by atoms with van der Waals surface area (Å²) in [6.45, 7) is 2.23. The lowest BCUT2D eigenvalue weighted by molar-refractivity contribution is 0.275. The first kappa shape index (κ1) is 40.0. The maximum Gasteiger partial charge on any atom is 0.160 e. The van der Waals surface area contributed by atoms with Gasteiger partial charge in [0, 0.05) is 44.0 Å². The van der Waals surface area contributed by atoms with Crippen LogP contribution >= 0.6 is 0 Å².